The molecular weight excluding hydrogens is 256 g/mol. The predicted molar refractivity (Wildman–Crippen MR) is 78.2 cm³/mol. The highest BCUT2D eigenvalue weighted by atomic mass is 32.2. The zero-order valence-electron chi connectivity index (χ0n) is 11.8. The zero-order valence-corrected chi connectivity index (χ0v) is 12.6. The Bertz CT molecular complexity index is 536. The van der Waals surface area contributed by atoms with Crippen molar-refractivity contribution >= 4 is 11.8 Å². The molecule has 5 heteroatoms. The molecule has 0 aliphatic rings. The van der Waals surface area contributed by atoms with Crippen LogP contribution in [0, 0.1) is 13.8 Å². The van der Waals surface area contributed by atoms with E-state index in [1.807, 2.05) is 4.68 Å². The number of benzene rings is 1. The van der Waals surface area contributed by atoms with Gasteiger partial charge in [-0.1, -0.05) is 19.4 Å². The van der Waals surface area contributed by atoms with Crippen LogP contribution in [0.2, 0.25) is 0 Å². The lowest BCUT2D eigenvalue weighted by Crippen LogP contribution is -2.04. The minimum Gasteiger partial charge on any atom is -0.229 e. The number of nitrogens with zero attached hydrogens (tertiary/aromatic N) is 4. The molecule has 0 radical (unpaired) electrons. The molecule has 0 saturated carbocycles. The third-order valence-electron chi connectivity index (χ3n) is 3.18. The van der Waals surface area contributed by atoms with E-state index in [4.69, 9.17) is 0 Å². The highest BCUT2D eigenvalue weighted by Gasteiger charge is 2.06. The van der Waals surface area contributed by atoms with E-state index in [0.29, 0.717) is 0 Å². The first kappa shape index (κ1) is 14.1. The van der Waals surface area contributed by atoms with Gasteiger partial charge in [0.25, 0.3) is 0 Å². The summed E-state index contributed by atoms with van der Waals surface area (Å²) in [5.74, 6) is 1.77. The van der Waals surface area contributed by atoms with E-state index in [-0.39, 0.29) is 0 Å². The Labute approximate surface area is 118 Å². The molecule has 0 fully saturated rings. The Morgan fingerprint density at radius 1 is 1.21 bits per heavy atom. The number of thioether (sulfide) groups is 1. The molecule has 0 atom stereocenters. The maximum Gasteiger partial charge on any atom is 0.161 e. The number of unbranched alkanes of at least 4 members (excludes halogenated alkanes) is 1. The Balaban J connectivity index is 1.98. The molecule has 102 valence electrons. The summed E-state index contributed by atoms with van der Waals surface area (Å²) in [7, 11) is 0. The van der Waals surface area contributed by atoms with Crippen molar-refractivity contribution in [2.45, 2.75) is 50.8 Å². The molecule has 0 aliphatic carbocycles. The van der Waals surface area contributed by atoms with Crippen LogP contribution in [0.25, 0.3) is 0 Å². The Morgan fingerprint density at radius 2 is 2.05 bits per heavy atom. The van der Waals surface area contributed by atoms with Gasteiger partial charge >= 0.3 is 0 Å². The van der Waals surface area contributed by atoms with Crippen molar-refractivity contribution in [1.82, 2.24) is 20.2 Å². The van der Waals surface area contributed by atoms with Crippen molar-refractivity contribution in [2.24, 2.45) is 0 Å². The number of tetrazole rings is 1. The summed E-state index contributed by atoms with van der Waals surface area (Å²) in [6, 6.07) is 6.55. The lowest BCUT2D eigenvalue weighted by Gasteiger charge is -2.05. The fourth-order valence-corrected chi connectivity index (χ4v) is 2.69. The van der Waals surface area contributed by atoms with Crippen LogP contribution in [-0.2, 0) is 12.3 Å². The largest absolute Gasteiger partial charge is 0.229 e. The van der Waals surface area contributed by atoms with Crippen molar-refractivity contribution in [3.8, 4) is 0 Å². The number of aromatic nitrogens is 4. The van der Waals surface area contributed by atoms with Gasteiger partial charge in [0.2, 0.25) is 0 Å². The van der Waals surface area contributed by atoms with Gasteiger partial charge in [0.1, 0.15) is 0 Å². The van der Waals surface area contributed by atoms with Crippen LogP contribution in [0.3, 0.4) is 0 Å². The van der Waals surface area contributed by atoms with Crippen LogP contribution in [-0.4, -0.2) is 20.2 Å². The average Bonchev–Trinajstić information content (AvgIpc) is 2.85. The smallest absolute Gasteiger partial charge is 0.161 e. The van der Waals surface area contributed by atoms with E-state index >= 15 is 0 Å². The molecule has 1 aromatic carbocycles. The molecule has 0 N–H and O–H groups in total. The third-order valence-corrected chi connectivity index (χ3v) is 4.17. The molecule has 0 aliphatic heterocycles. The second-order valence-corrected chi connectivity index (χ2v) is 5.76. The van der Waals surface area contributed by atoms with E-state index in [1.165, 1.54) is 16.0 Å². The molecule has 0 spiro atoms. The lowest BCUT2D eigenvalue weighted by atomic mass is 10.1. The number of rotatable bonds is 6. The van der Waals surface area contributed by atoms with Crippen molar-refractivity contribution < 1.29 is 0 Å². The maximum absolute atomic E-state index is 4.11. The van der Waals surface area contributed by atoms with Crippen molar-refractivity contribution in [2.75, 3.05) is 0 Å². The topological polar surface area (TPSA) is 43.6 Å². The zero-order chi connectivity index (χ0) is 13.7. The molecule has 1 heterocycles. The maximum atomic E-state index is 4.11. The average molecular weight is 276 g/mol. The van der Waals surface area contributed by atoms with Gasteiger partial charge in [-0.3, -0.25) is 0 Å². The molecular formula is C14H20N4S. The molecule has 0 amide bonds. The van der Waals surface area contributed by atoms with Crippen LogP contribution in [0.1, 0.15) is 36.7 Å². The molecule has 2 aromatic rings. The normalized spacial score (nSPS) is 10.9. The fraction of sp³-hybridized carbons (Fsp3) is 0.500. The van der Waals surface area contributed by atoms with E-state index in [2.05, 4.69) is 54.5 Å². The first-order valence-corrected chi connectivity index (χ1v) is 7.64. The quantitative estimate of drug-likeness (QED) is 0.759. The summed E-state index contributed by atoms with van der Waals surface area (Å²) in [6.45, 7) is 7.36. The standard InChI is InChI=1S/C14H20N4S/c1-4-5-8-18-14(15-16-17-18)10-19-13-7-6-11(2)12(3)9-13/h6-7,9H,4-5,8,10H2,1-3H3. The second kappa shape index (κ2) is 6.70. The highest BCUT2D eigenvalue weighted by Crippen LogP contribution is 2.23. The summed E-state index contributed by atoms with van der Waals surface area (Å²) < 4.78 is 1.91. The van der Waals surface area contributed by atoms with E-state index in [0.717, 1.165) is 31.0 Å². The van der Waals surface area contributed by atoms with Gasteiger partial charge in [-0.2, -0.15) is 0 Å². The van der Waals surface area contributed by atoms with Gasteiger partial charge in [-0.25, -0.2) is 4.68 Å². The molecule has 0 saturated heterocycles. The van der Waals surface area contributed by atoms with Crippen LogP contribution in [0.5, 0.6) is 0 Å². The molecule has 0 unspecified atom stereocenters. The van der Waals surface area contributed by atoms with E-state index in [9.17, 15) is 0 Å². The fourth-order valence-electron chi connectivity index (χ4n) is 1.76. The van der Waals surface area contributed by atoms with Gasteiger partial charge in [-0.05, 0) is 54.0 Å². The molecule has 1 aromatic heterocycles. The Kier molecular flexibility index (Phi) is 4.96. The molecule has 4 nitrogen and oxygen atoms in total. The van der Waals surface area contributed by atoms with Gasteiger partial charge < -0.3 is 0 Å². The van der Waals surface area contributed by atoms with Gasteiger partial charge in [0.05, 0.1) is 5.75 Å². The first-order valence-electron chi connectivity index (χ1n) is 6.65. The summed E-state index contributed by atoms with van der Waals surface area (Å²) in [5, 5.41) is 11.9. The number of hydrogen-bond donors (Lipinski definition) is 0. The van der Waals surface area contributed by atoms with Gasteiger partial charge in [0.15, 0.2) is 5.82 Å². The van der Waals surface area contributed by atoms with Gasteiger partial charge in [-0.15, -0.1) is 16.9 Å². The third kappa shape index (κ3) is 3.80. The van der Waals surface area contributed by atoms with Crippen molar-refractivity contribution in [1.29, 1.82) is 0 Å². The van der Waals surface area contributed by atoms with E-state index < -0.39 is 0 Å². The minimum absolute atomic E-state index is 0.819. The summed E-state index contributed by atoms with van der Waals surface area (Å²) >= 11 is 1.79. The summed E-state index contributed by atoms with van der Waals surface area (Å²) in [6.07, 6.45) is 2.27. The van der Waals surface area contributed by atoms with Gasteiger partial charge in [0, 0.05) is 11.4 Å². The van der Waals surface area contributed by atoms with Crippen LogP contribution in [0.4, 0.5) is 0 Å². The summed E-state index contributed by atoms with van der Waals surface area (Å²) in [4.78, 5) is 1.27. The monoisotopic (exact) mass is 276 g/mol. The second-order valence-electron chi connectivity index (χ2n) is 4.71. The lowest BCUT2D eigenvalue weighted by molar-refractivity contribution is 0.540. The van der Waals surface area contributed by atoms with Crippen molar-refractivity contribution in [3.63, 3.8) is 0 Å². The molecule has 0 bridgehead atoms. The van der Waals surface area contributed by atoms with E-state index in [1.54, 1.807) is 11.8 Å². The Hall–Kier alpha value is -1.36. The highest BCUT2D eigenvalue weighted by molar-refractivity contribution is 7.98. The van der Waals surface area contributed by atoms with Crippen LogP contribution in [0.15, 0.2) is 23.1 Å². The SMILES string of the molecule is CCCCn1nnnc1CSc1ccc(C)c(C)c1. The first-order chi connectivity index (χ1) is 9.20. The number of hydrogen-bond acceptors (Lipinski definition) is 4. The number of aryl methyl sites for hydroxylation is 3. The predicted octanol–water partition coefficient (Wildman–Crippen LogP) is 3.38. The molecule has 2 rings (SSSR count). The Morgan fingerprint density at radius 3 is 2.79 bits per heavy atom. The molecule has 19 heavy (non-hydrogen) atoms. The minimum atomic E-state index is 0.819. The van der Waals surface area contributed by atoms with Crippen LogP contribution < -0.4 is 0 Å². The summed E-state index contributed by atoms with van der Waals surface area (Å²) in [5.41, 5.74) is 2.66. The van der Waals surface area contributed by atoms with Crippen LogP contribution >= 0.6 is 11.8 Å². The van der Waals surface area contributed by atoms with Crippen molar-refractivity contribution in [3.05, 3.63) is 35.2 Å².